The molecule has 0 spiro atoms. The molecule has 1 aliphatic heterocycles. The van der Waals surface area contributed by atoms with Gasteiger partial charge in [-0.25, -0.2) is 9.32 Å². The lowest BCUT2D eigenvalue weighted by molar-refractivity contribution is -0.118. The first kappa shape index (κ1) is 28.0. The highest BCUT2D eigenvalue weighted by Crippen LogP contribution is 2.26. The molecule has 2 aromatic carbocycles. The largest absolute Gasteiger partial charge is 0.490 e. The average molecular weight is 555 g/mol. The normalized spacial score (nSPS) is 16.9. The maximum Gasteiger partial charge on any atom is 0.394 e. The molecule has 1 heterocycles. The second kappa shape index (κ2) is 11.9. The van der Waals surface area contributed by atoms with Crippen molar-refractivity contribution in [2.45, 2.75) is 17.8 Å². The molecule has 0 radical (unpaired) electrons. The van der Waals surface area contributed by atoms with Crippen molar-refractivity contribution >= 4 is 55.2 Å². The summed E-state index contributed by atoms with van der Waals surface area (Å²) >= 11 is 6.92. The highest BCUT2D eigenvalue weighted by Gasteiger charge is 2.31. The van der Waals surface area contributed by atoms with Crippen LogP contribution in [-0.4, -0.2) is 48.9 Å². The van der Waals surface area contributed by atoms with Crippen LogP contribution >= 0.6 is 23.4 Å². The van der Waals surface area contributed by atoms with E-state index >= 15 is 0 Å². The van der Waals surface area contributed by atoms with Crippen molar-refractivity contribution in [1.29, 1.82) is 0 Å². The summed E-state index contributed by atoms with van der Waals surface area (Å²) in [4.78, 5) is 22.9. The second-order valence-electron chi connectivity index (χ2n) is 6.62. The highest BCUT2D eigenvalue weighted by molar-refractivity contribution is 8.15. The molecule has 2 unspecified atom stereocenters. The molecule has 16 heteroatoms. The van der Waals surface area contributed by atoms with E-state index in [1.165, 1.54) is 0 Å². The van der Waals surface area contributed by atoms with Gasteiger partial charge in [0.25, 0.3) is 5.24 Å². The van der Waals surface area contributed by atoms with Gasteiger partial charge in [0.15, 0.2) is 0 Å². The molecule has 186 valence electrons. The van der Waals surface area contributed by atoms with E-state index in [-0.39, 0.29) is 17.8 Å². The second-order valence-corrected chi connectivity index (χ2v) is 10.3. The van der Waals surface area contributed by atoms with Gasteiger partial charge in [-0.3, -0.25) is 24.0 Å². The first-order chi connectivity index (χ1) is 15.7. The summed E-state index contributed by atoms with van der Waals surface area (Å²) in [6.45, 7) is -0.120. The van der Waals surface area contributed by atoms with Gasteiger partial charge >= 0.3 is 20.7 Å². The summed E-state index contributed by atoms with van der Waals surface area (Å²) < 4.78 is 64.9. The molecule has 1 aliphatic rings. The lowest BCUT2D eigenvalue weighted by Crippen LogP contribution is -2.25. The zero-order valence-electron chi connectivity index (χ0n) is 17.0. The van der Waals surface area contributed by atoms with Crippen molar-refractivity contribution in [3.8, 4) is 5.75 Å². The van der Waals surface area contributed by atoms with Crippen LogP contribution in [0.15, 0.2) is 48.5 Å². The number of thioether (sulfide) groups is 1. The Balaban J connectivity index is 0.000000739. The highest BCUT2D eigenvalue weighted by atomic mass is 35.5. The topological polar surface area (TPSA) is 199 Å². The fourth-order valence-electron chi connectivity index (χ4n) is 2.68. The number of rotatable bonds is 8. The van der Waals surface area contributed by atoms with Crippen LogP contribution in [0.25, 0.3) is 0 Å². The van der Waals surface area contributed by atoms with Crippen LogP contribution in [0.1, 0.15) is 17.2 Å². The van der Waals surface area contributed by atoms with E-state index < -0.39 is 32.1 Å². The van der Waals surface area contributed by atoms with Crippen LogP contribution < -0.4 is 15.2 Å². The number of carbonyl (C=O) groups is 2. The molecule has 3 rings (SSSR count). The van der Waals surface area contributed by atoms with Crippen LogP contribution in [0.3, 0.4) is 0 Å². The minimum absolute atomic E-state index is 0.120. The van der Waals surface area contributed by atoms with Crippen molar-refractivity contribution < 1.29 is 44.5 Å². The minimum atomic E-state index is -4.67. The molecule has 0 aliphatic carbocycles. The van der Waals surface area contributed by atoms with Crippen LogP contribution in [-0.2, 0) is 36.1 Å². The van der Waals surface area contributed by atoms with Crippen LogP contribution in [0.4, 0.5) is 4.79 Å². The monoisotopic (exact) mass is 554 g/mol. The number of carbonyl (C=O) groups excluding carboxylic acids is 2. The van der Waals surface area contributed by atoms with Gasteiger partial charge in [-0.1, -0.05) is 47.6 Å². The molecule has 0 bridgehead atoms. The van der Waals surface area contributed by atoms with Gasteiger partial charge in [-0.05, 0) is 41.8 Å². The molecule has 5 N–H and O–H groups in total. The predicted octanol–water partition coefficient (Wildman–Crippen LogP) is 1.92. The quantitative estimate of drug-likeness (QED) is 0.347. The zero-order chi connectivity index (χ0) is 25.5. The fraction of sp³-hybridized carbons (Fsp3) is 0.222. The molecule has 2 aromatic rings. The number of hydrogen-bond acceptors (Lipinski definition) is 9. The Hall–Kier alpha value is -2.24. The molecule has 34 heavy (non-hydrogen) atoms. The van der Waals surface area contributed by atoms with Gasteiger partial charge < -0.3 is 4.74 Å². The van der Waals surface area contributed by atoms with Crippen LogP contribution in [0.2, 0.25) is 5.02 Å². The van der Waals surface area contributed by atoms with E-state index in [9.17, 15) is 18.0 Å². The van der Waals surface area contributed by atoms with Gasteiger partial charge in [-0.2, -0.15) is 16.8 Å². The molecule has 12 nitrogen and oxygen atoms in total. The van der Waals surface area contributed by atoms with Gasteiger partial charge in [-0.15, -0.1) is 0 Å². The third-order valence-corrected chi connectivity index (χ3v) is 5.70. The number of nitrogens with two attached hydrogens (primary N) is 1. The Bertz CT molecular complexity index is 1230. The molecule has 0 aromatic heterocycles. The standard InChI is InChI=1S/C18H17ClN2O6S2.H2O4S/c19-13-3-1-2-12(9-13)15(27-29(20,24)25)10-26-14-6-4-11(5-7-14)8-16-17(22)21-18(23)28-16;1-5(2,3)4/h1-7,9,15-16H,8,10H2,(H2,20,24,25)(H,21,22,23);(H2,1,2,3,4). The van der Waals surface area contributed by atoms with Crippen molar-refractivity contribution in [3.63, 3.8) is 0 Å². The Morgan fingerprint density at radius 2 is 1.71 bits per heavy atom. The third-order valence-electron chi connectivity index (χ3n) is 3.98. The van der Waals surface area contributed by atoms with E-state index in [0.717, 1.165) is 17.3 Å². The maximum absolute atomic E-state index is 11.6. The smallest absolute Gasteiger partial charge is 0.394 e. The van der Waals surface area contributed by atoms with Crippen molar-refractivity contribution in [1.82, 2.24) is 5.32 Å². The number of benzene rings is 2. The fourth-order valence-corrected chi connectivity index (χ4v) is 4.23. The lowest BCUT2D eigenvalue weighted by Gasteiger charge is -2.18. The predicted molar refractivity (Wildman–Crippen MR) is 123 cm³/mol. The molecular formula is C18H19ClN2O10S3. The number of hydrogen-bond donors (Lipinski definition) is 4. The summed E-state index contributed by atoms with van der Waals surface area (Å²) in [6, 6.07) is 13.4. The van der Waals surface area contributed by atoms with Gasteiger partial charge in [0.2, 0.25) is 5.91 Å². The first-order valence-electron chi connectivity index (χ1n) is 9.09. The number of amides is 2. The number of imide groups is 1. The number of nitrogens with one attached hydrogen (secondary N) is 1. The zero-order valence-corrected chi connectivity index (χ0v) is 20.2. The van der Waals surface area contributed by atoms with E-state index in [2.05, 4.69) is 5.32 Å². The Labute approximate surface area is 204 Å². The summed E-state index contributed by atoms with van der Waals surface area (Å²) in [7, 11) is -8.88. The van der Waals surface area contributed by atoms with Crippen LogP contribution in [0.5, 0.6) is 5.75 Å². The van der Waals surface area contributed by atoms with Gasteiger partial charge in [0.1, 0.15) is 18.5 Å². The SMILES string of the molecule is NS(=O)(=O)OC(COc1ccc(CC2SC(=O)NC2=O)cc1)c1cccc(Cl)c1.O=S(=O)(O)O. The van der Waals surface area contributed by atoms with E-state index in [1.807, 2.05) is 0 Å². The minimum Gasteiger partial charge on any atom is -0.490 e. The molecule has 2 atom stereocenters. The van der Waals surface area contributed by atoms with E-state index in [1.54, 1.807) is 48.5 Å². The van der Waals surface area contributed by atoms with Crippen molar-refractivity contribution in [2.75, 3.05) is 6.61 Å². The Kier molecular flexibility index (Phi) is 9.84. The first-order valence-corrected chi connectivity index (χ1v) is 13.2. The lowest BCUT2D eigenvalue weighted by atomic mass is 10.1. The summed E-state index contributed by atoms with van der Waals surface area (Å²) in [5.74, 6) is 0.170. The van der Waals surface area contributed by atoms with E-state index in [4.69, 9.17) is 43.2 Å². The number of halogens is 1. The van der Waals surface area contributed by atoms with Crippen LogP contribution in [0, 0.1) is 0 Å². The summed E-state index contributed by atoms with van der Waals surface area (Å²) in [5, 5.41) is 6.87. The number of ether oxygens (including phenoxy) is 1. The average Bonchev–Trinajstić information content (AvgIpc) is 3.01. The van der Waals surface area contributed by atoms with Gasteiger partial charge in [0, 0.05) is 5.02 Å². The van der Waals surface area contributed by atoms with E-state index in [0.29, 0.717) is 22.8 Å². The third kappa shape index (κ3) is 10.8. The summed E-state index contributed by atoms with van der Waals surface area (Å²) in [6.07, 6.45) is -0.574. The van der Waals surface area contributed by atoms with Gasteiger partial charge in [0.05, 0.1) is 5.25 Å². The summed E-state index contributed by atoms with van der Waals surface area (Å²) in [5.41, 5.74) is 1.35. The van der Waals surface area contributed by atoms with Crippen molar-refractivity contribution in [3.05, 3.63) is 64.7 Å². The molecule has 1 saturated heterocycles. The molecular weight excluding hydrogens is 536 g/mol. The molecule has 1 fully saturated rings. The maximum atomic E-state index is 11.6. The Morgan fingerprint density at radius 3 is 2.21 bits per heavy atom. The van der Waals surface area contributed by atoms with Crippen molar-refractivity contribution in [2.24, 2.45) is 5.14 Å². The molecule has 2 amide bonds. The Morgan fingerprint density at radius 1 is 1.09 bits per heavy atom. The molecule has 0 saturated carbocycles.